The maximum absolute atomic E-state index is 12.9. The molecule has 1 aliphatic rings. The molecule has 6 nitrogen and oxygen atoms in total. The molecule has 0 radical (unpaired) electrons. The van der Waals surface area contributed by atoms with Crippen LogP contribution in [0.15, 0.2) is 46.5 Å². The van der Waals surface area contributed by atoms with Gasteiger partial charge >= 0.3 is 0 Å². The van der Waals surface area contributed by atoms with Gasteiger partial charge in [-0.1, -0.05) is 36.7 Å². The largest absolute Gasteiger partial charge is 0.325 e. The Morgan fingerprint density at radius 1 is 1.10 bits per heavy atom. The molecule has 8 heteroatoms. The third kappa shape index (κ3) is 5.62. The average molecular weight is 448 g/mol. The molecule has 1 fully saturated rings. The Balaban J connectivity index is 1.64. The van der Waals surface area contributed by atoms with Crippen molar-refractivity contribution in [1.82, 2.24) is 9.29 Å². The SMILES string of the molecule is Cc1ccc(C)c(NC(=O)C(C)Sc2ccc(S(=O)(=O)N3CCCCCC3)cn2)c1. The minimum atomic E-state index is -3.51. The average Bonchev–Trinajstić information content (AvgIpc) is 3.01. The number of nitrogens with one attached hydrogen (secondary N) is 1. The lowest BCUT2D eigenvalue weighted by Gasteiger charge is -2.19. The van der Waals surface area contributed by atoms with Gasteiger partial charge < -0.3 is 5.32 Å². The third-order valence-corrected chi connectivity index (χ3v) is 8.16. The highest BCUT2D eigenvalue weighted by Gasteiger charge is 2.25. The quantitative estimate of drug-likeness (QED) is 0.665. The van der Waals surface area contributed by atoms with Gasteiger partial charge in [-0.15, -0.1) is 0 Å². The summed E-state index contributed by atoms with van der Waals surface area (Å²) in [6, 6.07) is 9.20. The van der Waals surface area contributed by atoms with Crippen molar-refractivity contribution < 1.29 is 13.2 Å². The van der Waals surface area contributed by atoms with Crippen LogP contribution < -0.4 is 5.32 Å². The van der Waals surface area contributed by atoms with Crippen molar-refractivity contribution in [1.29, 1.82) is 0 Å². The fourth-order valence-electron chi connectivity index (χ4n) is 3.36. The molecule has 162 valence electrons. The molecular weight excluding hydrogens is 418 g/mol. The van der Waals surface area contributed by atoms with E-state index in [1.807, 2.05) is 39.0 Å². The molecule has 30 heavy (non-hydrogen) atoms. The van der Waals surface area contributed by atoms with E-state index in [1.165, 1.54) is 18.0 Å². The molecule has 0 spiro atoms. The monoisotopic (exact) mass is 447 g/mol. The lowest BCUT2D eigenvalue weighted by molar-refractivity contribution is -0.115. The number of sulfonamides is 1. The van der Waals surface area contributed by atoms with Crippen LogP contribution in [-0.2, 0) is 14.8 Å². The smallest absolute Gasteiger partial charge is 0.244 e. The van der Waals surface area contributed by atoms with Gasteiger partial charge in [-0.3, -0.25) is 4.79 Å². The van der Waals surface area contributed by atoms with Crippen LogP contribution in [0.3, 0.4) is 0 Å². The number of carbonyl (C=O) groups is 1. The molecule has 1 N–H and O–H groups in total. The van der Waals surface area contributed by atoms with Crippen LogP contribution in [0.1, 0.15) is 43.7 Å². The molecule has 1 amide bonds. The van der Waals surface area contributed by atoms with E-state index in [4.69, 9.17) is 0 Å². The number of aromatic nitrogens is 1. The number of anilines is 1. The first-order chi connectivity index (χ1) is 14.3. The van der Waals surface area contributed by atoms with Gasteiger partial charge in [0.1, 0.15) is 4.90 Å². The molecular formula is C22H29N3O3S2. The van der Waals surface area contributed by atoms with Gasteiger partial charge in [0.2, 0.25) is 15.9 Å². The van der Waals surface area contributed by atoms with E-state index in [0.717, 1.165) is 42.5 Å². The number of hydrogen-bond donors (Lipinski definition) is 1. The van der Waals surface area contributed by atoms with Gasteiger partial charge in [-0.2, -0.15) is 4.31 Å². The molecule has 2 heterocycles. The molecule has 0 aliphatic carbocycles. The second-order valence-electron chi connectivity index (χ2n) is 7.72. The number of pyridine rings is 1. The Hall–Kier alpha value is -1.90. The molecule has 3 rings (SSSR count). The summed E-state index contributed by atoms with van der Waals surface area (Å²) >= 11 is 1.31. The van der Waals surface area contributed by atoms with Gasteiger partial charge in [0.25, 0.3) is 0 Å². The normalized spacial score (nSPS) is 16.6. The maximum Gasteiger partial charge on any atom is 0.244 e. The Morgan fingerprint density at radius 2 is 1.80 bits per heavy atom. The molecule has 0 bridgehead atoms. The lowest BCUT2D eigenvalue weighted by Crippen LogP contribution is -2.32. The molecule has 1 aromatic heterocycles. The van der Waals surface area contributed by atoms with E-state index in [0.29, 0.717) is 18.1 Å². The maximum atomic E-state index is 12.9. The highest BCUT2D eigenvalue weighted by Crippen LogP contribution is 2.26. The highest BCUT2D eigenvalue weighted by molar-refractivity contribution is 8.00. The zero-order valence-electron chi connectivity index (χ0n) is 17.7. The highest BCUT2D eigenvalue weighted by atomic mass is 32.2. The van der Waals surface area contributed by atoms with Crippen molar-refractivity contribution in [2.75, 3.05) is 18.4 Å². The Labute approximate surface area is 183 Å². The van der Waals surface area contributed by atoms with Crippen molar-refractivity contribution in [3.63, 3.8) is 0 Å². The Kier molecular flexibility index (Phi) is 7.55. The summed E-state index contributed by atoms with van der Waals surface area (Å²) in [6.07, 6.45) is 5.34. The second-order valence-corrected chi connectivity index (χ2v) is 11.0. The number of benzene rings is 1. The van der Waals surface area contributed by atoms with Crippen LogP contribution in [-0.4, -0.2) is 42.0 Å². The van der Waals surface area contributed by atoms with E-state index < -0.39 is 10.0 Å². The van der Waals surface area contributed by atoms with Crippen molar-refractivity contribution in [2.45, 2.75) is 61.6 Å². The predicted octanol–water partition coefficient (Wildman–Crippen LogP) is 4.38. The van der Waals surface area contributed by atoms with E-state index in [2.05, 4.69) is 10.3 Å². The van der Waals surface area contributed by atoms with Crippen LogP contribution in [0.2, 0.25) is 0 Å². The van der Waals surface area contributed by atoms with E-state index >= 15 is 0 Å². The first-order valence-electron chi connectivity index (χ1n) is 10.3. The van der Waals surface area contributed by atoms with E-state index in [-0.39, 0.29) is 16.1 Å². The first-order valence-corrected chi connectivity index (χ1v) is 12.6. The van der Waals surface area contributed by atoms with Crippen molar-refractivity contribution in [3.05, 3.63) is 47.7 Å². The molecule has 1 aromatic carbocycles. The number of rotatable bonds is 6. The fourth-order valence-corrected chi connectivity index (χ4v) is 5.61. The minimum absolute atomic E-state index is 0.114. The number of amides is 1. The van der Waals surface area contributed by atoms with Crippen LogP contribution in [0, 0.1) is 13.8 Å². The summed E-state index contributed by atoms with van der Waals surface area (Å²) in [5.74, 6) is -0.114. The number of aryl methyl sites for hydroxylation is 2. The standard InChI is InChI=1S/C22H29N3O3S2/c1-16-8-9-17(2)20(14-16)24-22(26)18(3)29-21-11-10-19(15-23-21)30(27,28)25-12-6-4-5-7-13-25/h8-11,14-15,18H,4-7,12-13H2,1-3H3,(H,24,26). The van der Waals surface area contributed by atoms with E-state index in [9.17, 15) is 13.2 Å². The van der Waals surface area contributed by atoms with Gasteiger partial charge in [-0.05, 0) is 62.9 Å². The summed E-state index contributed by atoms with van der Waals surface area (Å²) in [5, 5.41) is 3.21. The first kappa shape index (κ1) is 22.8. The summed E-state index contributed by atoms with van der Waals surface area (Å²) in [4.78, 5) is 17.1. The van der Waals surface area contributed by atoms with E-state index in [1.54, 1.807) is 16.4 Å². The van der Waals surface area contributed by atoms with Gasteiger partial charge in [-0.25, -0.2) is 13.4 Å². The Morgan fingerprint density at radius 3 is 2.43 bits per heavy atom. The molecule has 1 atom stereocenters. The van der Waals surface area contributed by atoms with Gasteiger partial charge in [0.15, 0.2) is 0 Å². The predicted molar refractivity (Wildman–Crippen MR) is 121 cm³/mol. The van der Waals surface area contributed by atoms with Crippen LogP contribution in [0.25, 0.3) is 0 Å². The lowest BCUT2D eigenvalue weighted by atomic mass is 10.1. The van der Waals surface area contributed by atoms with Crippen LogP contribution in [0.4, 0.5) is 5.69 Å². The molecule has 2 aromatic rings. The third-order valence-electron chi connectivity index (χ3n) is 5.23. The number of nitrogens with zero attached hydrogens (tertiary/aromatic N) is 2. The molecule has 0 saturated carbocycles. The van der Waals surface area contributed by atoms with Gasteiger partial charge in [0.05, 0.1) is 10.3 Å². The zero-order chi connectivity index (χ0) is 21.7. The fraction of sp³-hybridized carbons (Fsp3) is 0.455. The van der Waals surface area contributed by atoms with Crippen LogP contribution >= 0.6 is 11.8 Å². The number of carbonyl (C=O) groups excluding carboxylic acids is 1. The minimum Gasteiger partial charge on any atom is -0.325 e. The zero-order valence-corrected chi connectivity index (χ0v) is 19.4. The summed E-state index contributed by atoms with van der Waals surface area (Å²) in [6.45, 7) is 6.88. The summed E-state index contributed by atoms with van der Waals surface area (Å²) < 4.78 is 27.3. The summed E-state index contributed by atoms with van der Waals surface area (Å²) in [7, 11) is -3.51. The summed E-state index contributed by atoms with van der Waals surface area (Å²) in [5.41, 5.74) is 2.89. The molecule has 1 unspecified atom stereocenters. The van der Waals surface area contributed by atoms with Crippen molar-refractivity contribution in [3.8, 4) is 0 Å². The molecule has 1 saturated heterocycles. The van der Waals surface area contributed by atoms with Gasteiger partial charge in [0, 0.05) is 25.0 Å². The Bertz CT molecular complexity index is 983. The second kappa shape index (κ2) is 9.94. The van der Waals surface area contributed by atoms with Crippen molar-refractivity contribution in [2.24, 2.45) is 0 Å². The topological polar surface area (TPSA) is 79.4 Å². The van der Waals surface area contributed by atoms with Crippen molar-refractivity contribution >= 4 is 33.4 Å². The number of hydrogen-bond acceptors (Lipinski definition) is 5. The molecule has 1 aliphatic heterocycles. The van der Waals surface area contributed by atoms with Crippen LogP contribution in [0.5, 0.6) is 0 Å². The number of thioether (sulfide) groups is 1.